The highest BCUT2D eigenvalue weighted by atomic mass is 35.5. The van der Waals surface area contributed by atoms with Gasteiger partial charge in [-0.25, -0.2) is 4.79 Å². The SMILES string of the molecule is C.CN[C@H](CC(C)C)C(=O)NC1C(=O)C[C@@H](CC(N)=O)C(=O)N[C@H]2C(=O)C[C@H]3C(=O)N[C@H](C(=O)N[C@@H](C(=O)O)c4cc(O)cc(O)c4-c4cc3ccc4O)[C@H](OC3C[C@](C)(N)[C@@H](O)[C@H](C)O3)c3ccc(c(Cl)c3)Oc3cc2cc(c3O[C@@H]2O[C@H](CO)[C@@H](O[C@@H]3O[C@H](CCCCSCc4ccc(CN(C)C)o4)[C@H](O)[C@H](O)[C@H]3O)[C@H](O)[C@H]2O)Oc2ccc(cc2Cl)[C@H]1O. The van der Waals surface area contributed by atoms with Crippen LogP contribution in [0, 0.1) is 11.8 Å². The van der Waals surface area contributed by atoms with Crippen LogP contribution in [0.15, 0.2) is 95.4 Å². The van der Waals surface area contributed by atoms with Gasteiger partial charge in [0.2, 0.25) is 41.6 Å². The number of thioether (sulfide) groups is 1. The molecule has 5 amide bonds. The summed E-state index contributed by atoms with van der Waals surface area (Å²) < 4.78 is 57.4. The standard InChI is InChI=1S/C85H104Cl2N8O29S.CH4/c1-35(2)20-50(90-5)80(112)93-66-53(100)24-41(27-61(88)102)78(110)91-64-40-25-58(118-55-17-12-38(68(66)103)22-48(55)86)75(123-84-73(108)71(106)76(60(33-96)121-84)124-83-72(107)70(105)69(104)57(120-83)10-8-9-19-125-34-44-15-14-43(117-44)32-95(6)7)59(26-40)119-56-18-13-39(23-49(56)87)74(122-62-31-85(4,89)77(109)36(3)116-62)67-81(113)92-65(82(114)115)47-28-42(97)29-52(99)63(47)46-21-37(11-16-51(46)98)45(30-54(64)101)79(111)94-67;/h11-18,21-23,25-26,28-29,35-36,41,45,50,57,60,62,64-74,76-77,83-84,90,96-99,103-109H,8-10,19-20,24,27,30-34,89H2,1-7H3,(H2,88,102)(H,91,110)(H,92,113)(H,93,112)(H,94,111)(H,114,115);1H4/t36-,41-,45+,50+,57+,60+,62?,64+,65+,66?,67-,68+,69-,70-,71+,72+,73+,74+,76+,77-,83-,84-,85-;/m0./s1. The van der Waals surface area contributed by atoms with Gasteiger partial charge in [0.15, 0.2) is 41.7 Å². The van der Waals surface area contributed by atoms with Gasteiger partial charge >= 0.3 is 5.97 Å². The molecule has 21 N–H and O–H groups in total. The van der Waals surface area contributed by atoms with E-state index in [0.717, 1.165) is 60.1 Å². The van der Waals surface area contributed by atoms with E-state index in [-0.39, 0.29) is 60.1 Å². The largest absolute Gasteiger partial charge is 0.508 e. The molecule has 37 nitrogen and oxygen atoms in total. The van der Waals surface area contributed by atoms with Gasteiger partial charge in [-0.05, 0) is 161 Å². The number of carboxylic acids is 1. The third kappa shape index (κ3) is 22.1. The number of aliphatic hydroxyl groups is 8. The van der Waals surface area contributed by atoms with E-state index < -0.39 is 280 Å². The van der Waals surface area contributed by atoms with Gasteiger partial charge in [-0.1, -0.05) is 62.7 Å². The van der Waals surface area contributed by atoms with Crippen LogP contribution in [0.4, 0.5) is 0 Å². The number of ether oxygens (including phenoxy) is 8. The Balaban J connectivity index is 0.0000154. The number of carbonyl (C=O) groups excluding carboxylic acids is 7. The summed E-state index contributed by atoms with van der Waals surface area (Å²) in [6.07, 6.45) is -29.1. The first kappa shape index (κ1) is 97.2. The number of aliphatic carboxylic acids is 1. The van der Waals surface area contributed by atoms with E-state index in [1.807, 2.05) is 45.0 Å². The Morgan fingerprint density at radius 2 is 1.36 bits per heavy atom. The number of rotatable bonds is 24. The normalized spacial score (nSPS) is 29.7. The predicted octanol–water partition coefficient (Wildman–Crippen LogP) is 4.31. The quantitative estimate of drug-likeness (QED) is 0.0375. The van der Waals surface area contributed by atoms with E-state index in [1.54, 1.807) is 11.8 Å². The molecule has 0 saturated carbocycles. The van der Waals surface area contributed by atoms with Crippen LogP contribution >= 0.6 is 35.0 Å². The number of fused-ring (bicyclic) bond motifs is 15. The Morgan fingerprint density at radius 3 is 1.99 bits per heavy atom. The molecule has 686 valence electrons. The van der Waals surface area contributed by atoms with Crippen molar-refractivity contribution in [1.29, 1.82) is 0 Å². The van der Waals surface area contributed by atoms with Gasteiger partial charge in [0.05, 0.1) is 65.1 Å². The number of nitrogens with zero attached hydrogens (tertiary/aromatic N) is 1. The van der Waals surface area contributed by atoms with Crippen molar-refractivity contribution in [3.05, 3.63) is 140 Å². The number of phenolic OH excluding ortho intramolecular Hbond substituents is 3. The first-order chi connectivity index (χ1) is 59.2. The van der Waals surface area contributed by atoms with Gasteiger partial charge in [-0.3, -0.25) is 33.6 Å². The Kier molecular flexibility index (Phi) is 31.9. The van der Waals surface area contributed by atoms with Gasteiger partial charge in [0, 0.05) is 54.0 Å². The number of carboxylic acid groups (broad SMARTS) is 1. The van der Waals surface area contributed by atoms with Gasteiger partial charge in [0.1, 0.15) is 113 Å². The average molecular weight is 1820 g/mol. The second kappa shape index (κ2) is 41.4. The topological polar surface area (TPSA) is 582 Å². The zero-order valence-corrected chi connectivity index (χ0v) is 71.3. The van der Waals surface area contributed by atoms with E-state index >= 15 is 24.0 Å². The summed E-state index contributed by atoms with van der Waals surface area (Å²) in [5.74, 6) is -16.4. The van der Waals surface area contributed by atoms with Crippen molar-refractivity contribution in [3.8, 4) is 57.1 Å². The van der Waals surface area contributed by atoms with E-state index in [9.17, 15) is 75.7 Å². The molecule has 3 fully saturated rings. The van der Waals surface area contributed by atoms with Crippen LogP contribution < -0.4 is 52.3 Å². The molecule has 6 aromatic rings. The fourth-order valence-electron chi connectivity index (χ4n) is 16.2. The Bertz CT molecular complexity index is 4960. The fourth-order valence-corrected chi connectivity index (χ4v) is 17.6. The molecule has 0 spiro atoms. The van der Waals surface area contributed by atoms with Crippen molar-refractivity contribution in [1.82, 2.24) is 31.5 Å². The first-order valence-corrected chi connectivity index (χ1v) is 42.5. The molecule has 8 aliphatic heterocycles. The van der Waals surface area contributed by atoms with Crippen molar-refractivity contribution in [2.75, 3.05) is 33.5 Å². The number of carbonyl (C=O) groups is 8. The first-order valence-electron chi connectivity index (χ1n) is 40.6. The molecule has 23 atom stereocenters. The van der Waals surface area contributed by atoms with Crippen molar-refractivity contribution in [3.63, 3.8) is 0 Å². The molecule has 5 aromatic carbocycles. The molecule has 3 saturated heterocycles. The van der Waals surface area contributed by atoms with E-state index in [1.165, 1.54) is 51.2 Å². The van der Waals surface area contributed by atoms with Crippen molar-refractivity contribution < 1.29 is 142 Å². The number of primary amides is 1. The minimum atomic E-state index is -2.32. The second-order valence-electron chi connectivity index (χ2n) is 33.1. The zero-order chi connectivity index (χ0) is 90.6. The van der Waals surface area contributed by atoms with E-state index in [0.29, 0.717) is 30.9 Å². The lowest BCUT2D eigenvalue weighted by Crippen LogP contribution is -2.64. The molecule has 9 heterocycles. The van der Waals surface area contributed by atoms with Crippen LogP contribution in [0.25, 0.3) is 11.1 Å². The number of hydrogen-bond donors (Lipinski definition) is 19. The summed E-state index contributed by atoms with van der Waals surface area (Å²) in [6.45, 7) is 6.15. The van der Waals surface area contributed by atoms with E-state index in [2.05, 4.69) is 26.6 Å². The number of phenols is 3. The predicted molar refractivity (Wildman–Crippen MR) is 450 cm³/mol. The third-order valence-electron chi connectivity index (χ3n) is 22.7. The molecule has 40 heteroatoms. The number of likely N-dealkylation sites (N-methyl/N-ethyl adjacent to an activating group) is 1. The number of aliphatic hydroxyl groups excluding tert-OH is 8. The minimum absolute atomic E-state index is 0. The number of benzene rings is 5. The molecule has 11 bridgehead atoms. The Hall–Kier alpha value is -9.37. The maximum absolute atomic E-state index is 16.6. The zero-order valence-electron chi connectivity index (χ0n) is 69.0. The van der Waals surface area contributed by atoms with Crippen LogP contribution in [-0.4, -0.2) is 250 Å². The number of halogens is 2. The molecular formula is C86H108Cl2N8O29S. The summed E-state index contributed by atoms with van der Waals surface area (Å²) >= 11 is 16.1. The van der Waals surface area contributed by atoms with Gasteiger partial charge in [-0.2, -0.15) is 11.8 Å². The molecular weight excluding hydrogens is 1710 g/mol. The van der Waals surface area contributed by atoms with Crippen LogP contribution in [0.5, 0.6) is 46.0 Å². The van der Waals surface area contributed by atoms with Crippen molar-refractivity contribution >= 4 is 82.0 Å². The second-order valence-corrected chi connectivity index (χ2v) is 35.0. The van der Waals surface area contributed by atoms with Crippen LogP contribution in [0.1, 0.15) is 156 Å². The lowest BCUT2D eigenvalue weighted by atomic mass is 9.84. The number of amides is 5. The summed E-state index contributed by atoms with van der Waals surface area (Å²) in [4.78, 5) is 123. The molecule has 2 unspecified atom stereocenters. The number of furan rings is 1. The molecule has 0 radical (unpaired) electrons. The number of hydrogen-bond acceptors (Lipinski definition) is 32. The molecule has 1 aromatic heterocycles. The Labute approximate surface area is 738 Å². The molecule has 8 aliphatic rings. The smallest absolute Gasteiger partial charge is 0.330 e. The minimum Gasteiger partial charge on any atom is -0.508 e. The lowest BCUT2D eigenvalue weighted by Gasteiger charge is -2.46. The lowest BCUT2D eigenvalue weighted by molar-refractivity contribution is -0.351. The van der Waals surface area contributed by atoms with Gasteiger partial charge < -0.3 is 147 Å². The summed E-state index contributed by atoms with van der Waals surface area (Å²) in [7, 11) is 5.34. The Morgan fingerprint density at radius 1 is 0.706 bits per heavy atom. The highest BCUT2D eigenvalue weighted by molar-refractivity contribution is 7.98. The highest BCUT2D eigenvalue weighted by Gasteiger charge is 2.53. The van der Waals surface area contributed by atoms with Crippen LogP contribution in [0.2, 0.25) is 10.0 Å². The van der Waals surface area contributed by atoms with Gasteiger partial charge in [-0.15, -0.1) is 0 Å². The van der Waals surface area contributed by atoms with Crippen molar-refractivity contribution in [2.45, 2.75) is 233 Å². The molecule has 14 rings (SSSR count). The number of nitrogens with one attached hydrogen (secondary N) is 5. The summed E-state index contributed by atoms with van der Waals surface area (Å²) in [5.41, 5.74) is 8.52. The molecule has 0 aliphatic carbocycles. The number of aromatic hydroxyl groups is 3. The third-order valence-corrected chi connectivity index (χ3v) is 24.4. The summed E-state index contributed by atoms with van der Waals surface area (Å²) in [6, 6.07) is 8.30. The number of Topliss-reactive ketones (excluding diaryl/α,β-unsaturated/α-hetero) is 2. The van der Waals surface area contributed by atoms with E-state index in [4.69, 9.17) is 77.0 Å². The highest BCUT2D eigenvalue weighted by Crippen LogP contribution is 2.51. The average Bonchev–Trinajstić information content (AvgIpc) is 0.794. The maximum Gasteiger partial charge on any atom is 0.330 e. The fraction of sp³-hybridized carbons (Fsp3) is 0.512. The number of nitrogens with two attached hydrogens (primary N) is 2. The monoisotopic (exact) mass is 1820 g/mol. The number of ketones is 2. The van der Waals surface area contributed by atoms with Gasteiger partial charge in [0.25, 0.3) is 0 Å². The molecule has 126 heavy (non-hydrogen) atoms. The number of unbranched alkanes of at least 4 members (excludes halogenated alkanes) is 1. The summed E-state index contributed by atoms with van der Waals surface area (Å²) in [5, 5.41) is 152. The van der Waals surface area contributed by atoms with Crippen LogP contribution in [-0.2, 0) is 74.3 Å². The maximum atomic E-state index is 16.6. The van der Waals surface area contributed by atoms with Crippen molar-refractivity contribution in [2.24, 2.45) is 23.3 Å². The van der Waals surface area contributed by atoms with Crippen LogP contribution in [0.3, 0.4) is 0 Å².